The van der Waals surface area contributed by atoms with Crippen molar-refractivity contribution < 1.29 is 4.74 Å². The summed E-state index contributed by atoms with van der Waals surface area (Å²) in [4.78, 5) is 24.0. The number of aromatic nitrogens is 4. The first-order valence-corrected chi connectivity index (χ1v) is 9.32. The fraction of sp³-hybridized carbons (Fsp3) is 0.421. The lowest BCUT2D eigenvalue weighted by Gasteiger charge is -2.34. The molecule has 1 aliphatic heterocycles. The second-order valence-electron chi connectivity index (χ2n) is 6.75. The van der Waals surface area contributed by atoms with E-state index < -0.39 is 0 Å². The summed E-state index contributed by atoms with van der Waals surface area (Å²) in [5, 5.41) is 4.30. The molecule has 0 spiro atoms. The normalized spacial score (nSPS) is 16.6. The average Bonchev–Trinajstić information content (AvgIpc) is 3.00. The lowest BCUT2D eigenvalue weighted by molar-refractivity contribution is 0.0224. The van der Waals surface area contributed by atoms with E-state index in [4.69, 9.17) is 15.6 Å². The van der Waals surface area contributed by atoms with Crippen LogP contribution in [0.25, 0.3) is 11.0 Å². The van der Waals surface area contributed by atoms with Gasteiger partial charge >= 0.3 is 0 Å². The van der Waals surface area contributed by atoms with Gasteiger partial charge in [0.15, 0.2) is 5.52 Å². The van der Waals surface area contributed by atoms with Crippen LogP contribution >= 0.6 is 0 Å². The van der Waals surface area contributed by atoms with Crippen molar-refractivity contribution in [3.05, 3.63) is 57.8 Å². The van der Waals surface area contributed by atoms with E-state index in [9.17, 15) is 4.79 Å². The molecule has 1 atom stereocenters. The van der Waals surface area contributed by atoms with Gasteiger partial charge in [0.05, 0.1) is 24.9 Å². The maximum Gasteiger partial charge on any atom is 0.279 e. The molecule has 1 aliphatic rings. The predicted molar refractivity (Wildman–Crippen MR) is 103 cm³/mol. The highest BCUT2D eigenvalue weighted by Gasteiger charge is 2.28. The molecule has 2 aromatic heterocycles. The summed E-state index contributed by atoms with van der Waals surface area (Å²) in [5.41, 5.74) is 2.49. The maximum atomic E-state index is 12.8. The van der Waals surface area contributed by atoms with Gasteiger partial charge in [-0.25, -0.2) is 4.98 Å². The first kappa shape index (κ1) is 17.7. The molecule has 4 rings (SSSR count). The van der Waals surface area contributed by atoms with E-state index in [-0.39, 0.29) is 11.6 Å². The molecule has 1 saturated heterocycles. The third-order valence-corrected chi connectivity index (χ3v) is 4.92. The number of hydrogen-bond acceptors (Lipinski definition) is 6. The minimum Gasteiger partial charge on any atom is -0.379 e. The first-order valence-electron chi connectivity index (χ1n) is 9.32. The molecule has 3 heterocycles. The first-order chi connectivity index (χ1) is 13.2. The molecule has 0 aliphatic carbocycles. The van der Waals surface area contributed by atoms with Crippen LogP contribution in [0.3, 0.4) is 0 Å². The van der Waals surface area contributed by atoms with E-state index in [1.54, 1.807) is 0 Å². The molecule has 27 heavy (non-hydrogen) atoms. The molecule has 0 radical (unpaired) electrons. The van der Waals surface area contributed by atoms with Gasteiger partial charge in [-0.1, -0.05) is 43.7 Å². The van der Waals surface area contributed by atoms with Crippen LogP contribution in [0.2, 0.25) is 0 Å². The minimum atomic E-state index is -0.262. The van der Waals surface area contributed by atoms with Crippen LogP contribution in [0.4, 0.5) is 0 Å². The largest absolute Gasteiger partial charge is 0.379 e. The number of ether oxygens (including phenoxy) is 1. The molecule has 0 bridgehead atoms. The number of aromatic amines is 1. The zero-order valence-corrected chi connectivity index (χ0v) is 15.4. The second-order valence-corrected chi connectivity index (χ2v) is 6.75. The summed E-state index contributed by atoms with van der Waals surface area (Å²) in [5.74, 6) is 6.52. The van der Waals surface area contributed by atoms with Crippen molar-refractivity contribution in [2.45, 2.75) is 25.8 Å². The SMILES string of the molecule is CCCc1nn(N)c2c(=O)[nH]c(C(c3ccccc3)N3CCOCC3)nc12. The molecule has 8 nitrogen and oxygen atoms in total. The molecule has 8 heteroatoms. The summed E-state index contributed by atoms with van der Waals surface area (Å²) in [6.07, 6.45) is 1.63. The molecule has 142 valence electrons. The van der Waals surface area contributed by atoms with Gasteiger partial charge < -0.3 is 15.6 Å². The Kier molecular flexibility index (Phi) is 4.91. The van der Waals surface area contributed by atoms with E-state index in [0.717, 1.165) is 42.0 Å². The van der Waals surface area contributed by atoms with Gasteiger partial charge in [0.25, 0.3) is 5.56 Å². The Morgan fingerprint density at radius 2 is 2.00 bits per heavy atom. The van der Waals surface area contributed by atoms with Crippen molar-refractivity contribution >= 4 is 11.0 Å². The van der Waals surface area contributed by atoms with E-state index >= 15 is 0 Å². The van der Waals surface area contributed by atoms with E-state index in [0.29, 0.717) is 30.1 Å². The van der Waals surface area contributed by atoms with Crippen molar-refractivity contribution in [2.24, 2.45) is 0 Å². The Hall–Kier alpha value is -2.71. The van der Waals surface area contributed by atoms with Gasteiger partial charge in [0.2, 0.25) is 0 Å². The molecule has 3 N–H and O–H groups in total. The number of aryl methyl sites for hydroxylation is 1. The van der Waals surface area contributed by atoms with Crippen LogP contribution < -0.4 is 11.4 Å². The minimum absolute atomic E-state index is 0.150. The van der Waals surface area contributed by atoms with Crippen LogP contribution in [0, 0.1) is 0 Å². The Labute approximate surface area is 156 Å². The number of morpholine rings is 1. The zero-order valence-electron chi connectivity index (χ0n) is 15.4. The topological polar surface area (TPSA) is 102 Å². The Bertz CT molecular complexity index is 975. The molecule has 1 aromatic carbocycles. The number of nitrogens with one attached hydrogen (secondary N) is 1. The number of rotatable bonds is 5. The fourth-order valence-electron chi connectivity index (χ4n) is 3.67. The average molecular weight is 368 g/mol. The molecule has 1 fully saturated rings. The Morgan fingerprint density at radius 1 is 1.26 bits per heavy atom. The van der Waals surface area contributed by atoms with Crippen LogP contribution in [0.5, 0.6) is 0 Å². The van der Waals surface area contributed by atoms with Crippen LogP contribution in [-0.2, 0) is 11.2 Å². The smallest absolute Gasteiger partial charge is 0.279 e. The van der Waals surface area contributed by atoms with Crippen LogP contribution in [-0.4, -0.2) is 51.1 Å². The van der Waals surface area contributed by atoms with Gasteiger partial charge in [0.1, 0.15) is 11.3 Å². The summed E-state index contributed by atoms with van der Waals surface area (Å²) in [6, 6.07) is 9.95. The second kappa shape index (κ2) is 7.50. The van der Waals surface area contributed by atoms with Crippen molar-refractivity contribution in [2.75, 3.05) is 32.1 Å². The van der Waals surface area contributed by atoms with E-state index in [1.165, 1.54) is 0 Å². The molecule has 3 aromatic rings. The number of nitrogens with two attached hydrogens (primary N) is 1. The lowest BCUT2D eigenvalue weighted by Crippen LogP contribution is -2.40. The van der Waals surface area contributed by atoms with Gasteiger partial charge in [-0.2, -0.15) is 9.89 Å². The van der Waals surface area contributed by atoms with Crippen molar-refractivity contribution in [1.29, 1.82) is 0 Å². The van der Waals surface area contributed by atoms with Gasteiger partial charge in [-0.15, -0.1) is 0 Å². The van der Waals surface area contributed by atoms with Crippen molar-refractivity contribution in [1.82, 2.24) is 24.8 Å². The highest BCUT2D eigenvalue weighted by Crippen LogP contribution is 2.27. The predicted octanol–water partition coefficient (Wildman–Crippen LogP) is 1.21. The van der Waals surface area contributed by atoms with E-state index in [1.807, 2.05) is 18.2 Å². The van der Waals surface area contributed by atoms with Crippen LogP contribution in [0.15, 0.2) is 35.1 Å². The summed E-state index contributed by atoms with van der Waals surface area (Å²) in [6.45, 7) is 4.95. The molecule has 0 saturated carbocycles. The molecule has 0 amide bonds. The number of nitrogens with zero attached hydrogens (tertiary/aromatic N) is 4. The molecule has 1 unspecified atom stereocenters. The number of H-pyrrole nitrogens is 1. The summed E-state index contributed by atoms with van der Waals surface area (Å²) >= 11 is 0. The Balaban J connectivity index is 1.87. The van der Waals surface area contributed by atoms with Gasteiger partial charge in [-0.3, -0.25) is 9.69 Å². The highest BCUT2D eigenvalue weighted by molar-refractivity contribution is 5.76. The van der Waals surface area contributed by atoms with Crippen molar-refractivity contribution in [3.8, 4) is 0 Å². The summed E-state index contributed by atoms with van der Waals surface area (Å²) < 4.78 is 5.51. The van der Waals surface area contributed by atoms with Gasteiger partial charge in [-0.05, 0) is 12.0 Å². The standard InChI is InChI=1S/C19H24N6O2/c1-2-6-14-15-17(25(20)23-14)19(26)22-18(21-15)16(13-7-4-3-5-8-13)24-9-11-27-12-10-24/h3-5,7-8,16H,2,6,9-12,20H2,1H3,(H,21,22,26). The lowest BCUT2D eigenvalue weighted by atomic mass is 10.0. The molecular weight excluding hydrogens is 344 g/mol. The highest BCUT2D eigenvalue weighted by atomic mass is 16.5. The third kappa shape index (κ3) is 3.33. The van der Waals surface area contributed by atoms with E-state index in [2.05, 4.69) is 34.0 Å². The Morgan fingerprint density at radius 3 is 2.70 bits per heavy atom. The number of benzene rings is 1. The van der Waals surface area contributed by atoms with Crippen molar-refractivity contribution in [3.63, 3.8) is 0 Å². The quantitative estimate of drug-likeness (QED) is 0.656. The number of nitrogen functional groups attached to an aromatic ring is 1. The number of hydrogen-bond donors (Lipinski definition) is 2. The zero-order chi connectivity index (χ0) is 18.8. The maximum absolute atomic E-state index is 12.8. The fourth-order valence-corrected chi connectivity index (χ4v) is 3.67. The summed E-state index contributed by atoms with van der Waals surface area (Å²) in [7, 11) is 0. The number of fused-ring (bicyclic) bond motifs is 1. The van der Waals surface area contributed by atoms with Crippen LogP contribution in [0.1, 0.15) is 36.5 Å². The van der Waals surface area contributed by atoms with Gasteiger partial charge in [0, 0.05) is 13.1 Å². The monoisotopic (exact) mass is 368 g/mol. The third-order valence-electron chi connectivity index (χ3n) is 4.92. The molecular formula is C19H24N6O2.